The molecule has 13 heavy (non-hydrogen) atoms. The molecule has 0 saturated heterocycles. The van der Waals surface area contributed by atoms with Crippen LogP contribution in [0.5, 0.6) is 0 Å². The first kappa shape index (κ1) is 12.2. The Kier molecular flexibility index (Phi) is 6.32. The Morgan fingerprint density at radius 1 is 1.38 bits per heavy atom. The van der Waals surface area contributed by atoms with Gasteiger partial charge in [-0.05, 0) is 32.6 Å². The molecule has 1 atom stereocenters. The van der Waals surface area contributed by atoms with Crippen LogP contribution in [0, 0.1) is 12.5 Å². The van der Waals surface area contributed by atoms with Crippen molar-refractivity contribution >= 4 is 0 Å². The lowest BCUT2D eigenvalue weighted by Crippen LogP contribution is -1.99. The second-order valence-electron chi connectivity index (χ2n) is 3.77. The van der Waals surface area contributed by atoms with Crippen LogP contribution in [0.3, 0.4) is 0 Å². The number of rotatable bonds is 5. The van der Waals surface area contributed by atoms with Crippen molar-refractivity contribution in [3.05, 3.63) is 16.0 Å². The third kappa shape index (κ3) is 4.72. The van der Waals surface area contributed by atoms with E-state index in [2.05, 4.69) is 32.5 Å². The maximum absolute atomic E-state index is 5.09. The highest BCUT2D eigenvalue weighted by Gasteiger charge is 2.07. The van der Waals surface area contributed by atoms with E-state index in [9.17, 15) is 0 Å². The monoisotopic (exact) mass is 180 g/mol. The predicted octanol–water partition coefficient (Wildman–Crippen LogP) is 4.11. The summed E-state index contributed by atoms with van der Waals surface area (Å²) in [4.78, 5) is 3.62. The summed E-state index contributed by atoms with van der Waals surface area (Å²) in [6, 6.07) is 0. The van der Waals surface area contributed by atoms with E-state index in [1.165, 1.54) is 12.0 Å². The first-order valence-electron chi connectivity index (χ1n) is 5.16. The average Bonchev–Trinajstić information content (AvgIpc) is 2.15. The molecule has 74 valence electrons. The molecule has 0 aromatic carbocycles. The van der Waals surface area contributed by atoms with E-state index in [1.807, 2.05) is 0 Å². The van der Waals surface area contributed by atoms with Crippen LogP contribution in [0.1, 0.15) is 47.0 Å². The van der Waals surface area contributed by atoms with Crippen LogP contribution in [0.4, 0.5) is 0 Å². The van der Waals surface area contributed by atoms with Crippen molar-refractivity contribution in [1.29, 1.82) is 0 Å². The van der Waals surface area contributed by atoms with Gasteiger partial charge in [-0.25, -0.2) is 0 Å². The van der Waals surface area contributed by atoms with E-state index < -0.39 is 0 Å². The maximum Gasteiger partial charge on any atom is 0.263 e. The van der Waals surface area contributed by atoms with Gasteiger partial charge in [0.25, 0.3) is 13.1 Å². The fourth-order valence-electron chi connectivity index (χ4n) is 1.40. The van der Waals surface area contributed by atoms with E-state index in [-0.39, 0.29) is 0 Å². The smallest absolute Gasteiger partial charge is 0.0869 e. The van der Waals surface area contributed by atoms with Crippen molar-refractivity contribution < 1.29 is 0 Å². The summed E-state index contributed by atoms with van der Waals surface area (Å²) in [6.45, 7) is 14.8. The molecule has 1 heteroatoms. The number of hydrogen-bond acceptors (Lipinski definition) is 0. The molecule has 0 aromatic heterocycles. The summed E-state index contributed by atoms with van der Waals surface area (Å²) in [5.41, 5.74) is 3.07. The number of hydrogen-bond donors (Lipinski definition) is 0. The molecule has 0 spiro atoms. The molecule has 0 aliphatic heterocycles. The van der Waals surface area contributed by atoms with Gasteiger partial charge in [-0.2, -0.15) is 0 Å². The van der Waals surface area contributed by atoms with Crippen LogP contribution < -0.4 is 0 Å². The van der Waals surface area contributed by atoms with Crippen molar-refractivity contribution in [3.8, 4) is 6.57 Å². The molecule has 0 rings (SSSR count). The van der Waals surface area contributed by atoms with Gasteiger partial charge in [0, 0.05) is 6.42 Å². The fourth-order valence-corrected chi connectivity index (χ4v) is 1.40. The molecule has 0 N–H and O–H groups in total. The predicted molar refractivity (Wildman–Crippen MR) is 60.2 cm³/mol. The van der Waals surface area contributed by atoms with Crippen LogP contribution in [0.15, 0.2) is 11.1 Å². The Balaban J connectivity index is 3.97. The standard InChI is InChI=1S/C12H22N/c1-6-10(2)12(4)11(3)8-7-9-13-5/h5,11H,6-9H2,1-4H3/q+1. The SMILES string of the molecule is C#[N+]CCCC(C)C(C)=C(C)CC. The summed E-state index contributed by atoms with van der Waals surface area (Å²) < 4.78 is 0. The molecule has 0 fully saturated rings. The Bertz CT molecular complexity index is 208. The lowest BCUT2D eigenvalue weighted by atomic mass is 9.93. The highest BCUT2D eigenvalue weighted by molar-refractivity contribution is 5.11. The fraction of sp³-hybridized carbons (Fsp3) is 0.750. The van der Waals surface area contributed by atoms with E-state index in [4.69, 9.17) is 6.57 Å². The summed E-state index contributed by atoms with van der Waals surface area (Å²) in [7, 11) is 0. The Morgan fingerprint density at radius 2 is 2.00 bits per heavy atom. The van der Waals surface area contributed by atoms with Crippen LogP contribution in [0.2, 0.25) is 0 Å². The molecule has 0 aromatic rings. The van der Waals surface area contributed by atoms with E-state index in [0.717, 1.165) is 19.4 Å². The molecule has 0 heterocycles. The lowest BCUT2D eigenvalue weighted by molar-refractivity contribution is 0.589. The lowest BCUT2D eigenvalue weighted by Gasteiger charge is -2.13. The van der Waals surface area contributed by atoms with Crippen molar-refractivity contribution in [1.82, 2.24) is 0 Å². The van der Waals surface area contributed by atoms with E-state index >= 15 is 0 Å². The summed E-state index contributed by atoms with van der Waals surface area (Å²) in [5.74, 6) is 0.682. The molecule has 1 nitrogen and oxygen atoms in total. The Hall–Kier alpha value is -0.770. The Labute approximate surface area is 82.7 Å². The third-order valence-electron chi connectivity index (χ3n) is 2.87. The van der Waals surface area contributed by atoms with Crippen LogP contribution in [-0.4, -0.2) is 6.54 Å². The van der Waals surface area contributed by atoms with Gasteiger partial charge in [0.2, 0.25) is 0 Å². The van der Waals surface area contributed by atoms with Gasteiger partial charge in [-0.1, -0.05) is 29.8 Å². The minimum atomic E-state index is 0.682. The molecule has 0 aliphatic rings. The second-order valence-corrected chi connectivity index (χ2v) is 3.77. The quantitative estimate of drug-likeness (QED) is 0.443. The van der Waals surface area contributed by atoms with Crippen LogP contribution in [0.25, 0.3) is 4.85 Å². The van der Waals surface area contributed by atoms with Gasteiger partial charge in [-0.15, -0.1) is 0 Å². The molecule has 1 unspecified atom stereocenters. The van der Waals surface area contributed by atoms with Gasteiger partial charge >= 0.3 is 0 Å². The minimum Gasteiger partial charge on any atom is -0.0869 e. The van der Waals surface area contributed by atoms with E-state index in [1.54, 1.807) is 5.57 Å². The summed E-state index contributed by atoms with van der Waals surface area (Å²) >= 11 is 0. The molecule has 0 aliphatic carbocycles. The molecular weight excluding hydrogens is 158 g/mol. The van der Waals surface area contributed by atoms with Crippen molar-refractivity contribution in [2.24, 2.45) is 5.92 Å². The van der Waals surface area contributed by atoms with Crippen molar-refractivity contribution in [3.63, 3.8) is 0 Å². The molecular formula is C12H22N+. The normalized spacial score (nSPS) is 14.7. The number of nitrogens with zero attached hydrogens (tertiary/aromatic N) is 1. The maximum atomic E-state index is 5.09. The minimum absolute atomic E-state index is 0.682. The summed E-state index contributed by atoms with van der Waals surface area (Å²) in [6.07, 6.45) is 3.47. The zero-order chi connectivity index (χ0) is 10.3. The molecule has 0 amide bonds. The largest absolute Gasteiger partial charge is 0.263 e. The highest BCUT2D eigenvalue weighted by Crippen LogP contribution is 2.20. The average molecular weight is 180 g/mol. The van der Waals surface area contributed by atoms with Gasteiger partial charge in [-0.3, -0.25) is 0 Å². The molecule has 0 radical (unpaired) electrons. The van der Waals surface area contributed by atoms with Crippen LogP contribution >= 0.6 is 0 Å². The van der Waals surface area contributed by atoms with Crippen molar-refractivity contribution in [2.45, 2.75) is 47.0 Å². The molecule has 0 saturated carbocycles. The molecule has 0 bridgehead atoms. The van der Waals surface area contributed by atoms with Gasteiger partial charge < -0.3 is 0 Å². The zero-order valence-electron chi connectivity index (χ0n) is 9.43. The van der Waals surface area contributed by atoms with E-state index in [0.29, 0.717) is 5.92 Å². The van der Waals surface area contributed by atoms with Gasteiger partial charge in [0.1, 0.15) is 0 Å². The zero-order valence-corrected chi connectivity index (χ0v) is 9.43. The second kappa shape index (κ2) is 6.71. The Morgan fingerprint density at radius 3 is 2.46 bits per heavy atom. The number of allylic oxidation sites excluding steroid dienone is 2. The van der Waals surface area contributed by atoms with Crippen LogP contribution in [-0.2, 0) is 0 Å². The first-order chi connectivity index (χ1) is 6.13. The van der Waals surface area contributed by atoms with Crippen molar-refractivity contribution in [2.75, 3.05) is 6.54 Å². The first-order valence-corrected chi connectivity index (χ1v) is 5.16. The summed E-state index contributed by atoms with van der Waals surface area (Å²) in [5, 5.41) is 0. The van der Waals surface area contributed by atoms with Gasteiger partial charge in [0.15, 0.2) is 0 Å². The topological polar surface area (TPSA) is 4.36 Å². The highest BCUT2D eigenvalue weighted by atomic mass is 14.6. The third-order valence-corrected chi connectivity index (χ3v) is 2.87. The van der Waals surface area contributed by atoms with Gasteiger partial charge in [0.05, 0.1) is 0 Å².